The molecule has 0 bridgehead atoms. The van der Waals surface area contributed by atoms with E-state index in [1.807, 2.05) is 32.1 Å². The number of carboxylic acids is 1. The molecule has 1 aromatic heterocycles. The van der Waals surface area contributed by atoms with Gasteiger partial charge in [0, 0.05) is 45.1 Å². The van der Waals surface area contributed by atoms with E-state index in [2.05, 4.69) is 9.88 Å². The largest absolute Gasteiger partial charge is 0.493 e. The van der Waals surface area contributed by atoms with Crippen LogP contribution < -0.4 is 14.4 Å². The maximum atomic E-state index is 13.7. The number of benzene rings is 1. The number of carbonyl (C=O) groups excluding carboxylic acids is 1. The lowest BCUT2D eigenvalue weighted by atomic mass is 9.91. The van der Waals surface area contributed by atoms with Crippen molar-refractivity contribution < 1.29 is 33.3 Å². The van der Waals surface area contributed by atoms with Crippen molar-refractivity contribution in [3.63, 3.8) is 0 Å². The molecule has 1 atom stereocenters. The van der Waals surface area contributed by atoms with E-state index >= 15 is 0 Å². The van der Waals surface area contributed by atoms with Crippen LogP contribution in [-0.2, 0) is 11.3 Å². The van der Waals surface area contributed by atoms with Gasteiger partial charge in [-0.3, -0.25) is 9.80 Å². The van der Waals surface area contributed by atoms with E-state index in [-0.39, 0.29) is 5.56 Å². The van der Waals surface area contributed by atoms with Crippen LogP contribution in [0.2, 0.25) is 0 Å². The van der Waals surface area contributed by atoms with Gasteiger partial charge in [0.15, 0.2) is 0 Å². The molecule has 2 saturated heterocycles. The number of alkyl halides is 1. The van der Waals surface area contributed by atoms with Crippen LogP contribution in [-0.4, -0.2) is 71.7 Å². The first-order valence-corrected chi connectivity index (χ1v) is 13.7. The van der Waals surface area contributed by atoms with E-state index in [0.29, 0.717) is 62.9 Å². The van der Waals surface area contributed by atoms with Crippen LogP contribution in [0.25, 0.3) is 5.57 Å². The SMILES string of the molecule is CCOc1cc(CN2CCC3(CC2)CN(c2ccc(C(=O)O)cn2)C(=O)O3)cc(OCC)c1C1=CCC(F)C=C1. The number of aromatic nitrogens is 1. The molecule has 9 nitrogen and oxygen atoms in total. The van der Waals surface area contributed by atoms with Gasteiger partial charge in [-0.15, -0.1) is 0 Å². The third kappa shape index (κ3) is 5.82. The lowest BCUT2D eigenvalue weighted by Gasteiger charge is -2.37. The van der Waals surface area contributed by atoms with Crippen LogP contribution in [0.1, 0.15) is 54.6 Å². The predicted molar refractivity (Wildman–Crippen MR) is 148 cm³/mol. The molecule has 2 aromatic rings. The van der Waals surface area contributed by atoms with Crippen molar-refractivity contribution in [3.8, 4) is 11.5 Å². The molecule has 1 spiro atoms. The molecule has 3 heterocycles. The minimum Gasteiger partial charge on any atom is -0.493 e. The van der Waals surface area contributed by atoms with Gasteiger partial charge in [-0.1, -0.05) is 12.2 Å². The molecule has 2 fully saturated rings. The molecule has 0 radical (unpaired) electrons. The first-order chi connectivity index (χ1) is 19.3. The van der Waals surface area contributed by atoms with Crippen LogP contribution in [0.4, 0.5) is 15.0 Å². The number of halogens is 1. The van der Waals surface area contributed by atoms with Crippen molar-refractivity contribution in [1.82, 2.24) is 9.88 Å². The standard InChI is InChI=1S/C30H34FN3O6/c1-3-38-24-15-20(16-25(39-4-2)27(24)21-5-8-23(31)9-6-21)18-33-13-11-30(12-14-33)19-34(29(37)40-30)26-10-7-22(17-32-26)28(35)36/h5-8,10,15-17,23H,3-4,9,11-14,18-19H2,1-2H3,(H,35,36). The van der Waals surface area contributed by atoms with E-state index in [1.54, 1.807) is 12.2 Å². The molecule has 1 aromatic carbocycles. The Balaban J connectivity index is 1.28. The molecule has 1 N–H and O–H groups in total. The fourth-order valence-electron chi connectivity index (χ4n) is 5.45. The van der Waals surface area contributed by atoms with Crippen molar-refractivity contribution in [3.05, 3.63) is 65.4 Å². The minimum absolute atomic E-state index is 0.0627. The minimum atomic E-state index is -1.07. The molecule has 212 valence electrons. The van der Waals surface area contributed by atoms with Gasteiger partial charge in [0.2, 0.25) is 0 Å². The highest BCUT2D eigenvalue weighted by atomic mass is 19.1. The number of likely N-dealkylation sites (tertiary alicyclic amines) is 1. The summed E-state index contributed by atoms with van der Waals surface area (Å²) in [6.07, 6.45) is 6.71. The summed E-state index contributed by atoms with van der Waals surface area (Å²) in [5.41, 5.74) is 2.24. The number of piperidine rings is 1. The lowest BCUT2D eigenvalue weighted by Crippen LogP contribution is -2.46. The summed E-state index contributed by atoms with van der Waals surface area (Å²) in [5.74, 6) is 0.742. The quantitative estimate of drug-likeness (QED) is 0.451. The van der Waals surface area contributed by atoms with Crippen LogP contribution in [0, 0.1) is 0 Å². The van der Waals surface area contributed by atoms with Gasteiger partial charge in [0.25, 0.3) is 0 Å². The van der Waals surface area contributed by atoms with E-state index in [1.165, 1.54) is 23.2 Å². The summed E-state index contributed by atoms with van der Waals surface area (Å²) >= 11 is 0. The van der Waals surface area contributed by atoms with Gasteiger partial charge >= 0.3 is 12.1 Å². The van der Waals surface area contributed by atoms with Gasteiger partial charge in [-0.05, 0) is 55.3 Å². The third-order valence-corrected chi connectivity index (χ3v) is 7.48. The van der Waals surface area contributed by atoms with Gasteiger partial charge in [0.1, 0.15) is 29.1 Å². The zero-order valence-electron chi connectivity index (χ0n) is 22.8. The molecular weight excluding hydrogens is 517 g/mol. The summed E-state index contributed by atoms with van der Waals surface area (Å²) < 4.78 is 31.6. The summed E-state index contributed by atoms with van der Waals surface area (Å²) in [6.45, 7) is 7.37. The summed E-state index contributed by atoms with van der Waals surface area (Å²) in [7, 11) is 0. The zero-order chi connectivity index (χ0) is 28.3. The van der Waals surface area contributed by atoms with Gasteiger partial charge in [-0.25, -0.2) is 19.0 Å². The smallest absolute Gasteiger partial charge is 0.416 e. The molecular formula is C30H34FN3O6. The Morgan fingerprint density at radius 3 is 2.42 bits per heavy atom. The molecule has 40 heavy (non-hydrogen) atoms. The first-order valence-electron chi connectivity index (χ1n) is 13.7. The number of carboxylic acid groups (broad SMARTS) is 1. The Morgan fingerprint density at radius 2 is 1.88 bits per heavy atom. The summed E-state index contributed by atoms with van der Waals surface area (Å²) in [5, 5.41) is 9.11. The number of hydrogen-bond acceptors (Lipinski definition) is 7. The van der Waals surface area contributed by atoms with Crippen molar-refractivity contribution in [2.24, 2.45) is 0 Å². The van der Waals surface area contributed by atoms with E-state index in [9.17, 15) is 14.0 Å². The number of nitrogens with zero attached hydrogens (tertiary/aromatic N) is 3. The Morgan fingerprint density at radius 1 is 1.18 bits per heavy atom. The van der Waals surface area contributed by atoms with Crippen molar-refractivity contribution in [2.75, 3.05) is 37.7 Å². The Labute approximate surface area is 232 Å². The van der Waals surface area contributed by atoms with Crippen molar-refractivity contribution in [2.45, 2.75) is 51.4 Å². The Bertz CT molecular complexity index is 1290. The second-order valence-electron chi connectivity index (χ2n) is 10.2. The number of ether oxygens (including phenoxy) is 3. The summed E-state index contributed by atoms with van der Waals surface area (Å²) in [6, 6.07) is 7.03. The van der Waals surface area contributed by atoms with Crippen LogP contribution >= 0.6 is 0 Å². The molecule has 5 rings (SSSR count). The van der Waals surface area contributed by atoms with Crippen molar-refractivity contribution in [1.29, 1.82) is 0 Å². The highest BCUT2D eigenvalue weighted by molar-refractivity contribution is 5.91. The predicted octanol–water partition coefficient (Wildman–Crippen LogP) is 5.25. The van der Waals surface area contributed by atoms with E-state index in [0.717, 1.165) is 29.8 Å². The van der Waals surface area contributed by atoms with Crippen LogP contribution in [0.5, 0.6) is 11.5 Å². The number of anilines is 1. The van der Waals surface area contributed by atoms with Gasteiger partial charge < -0.3 is 19.3 Å². The average molecular weight is 552 g/mol. The van der Waals surface area contributed by atoms with E-state index < -0.39 is 23.8 Å². The number of pyridine rings is 1. The Kier molecular flexibility index (Phi) is 8.07. The van der Waals surface area contributed by atoms with Crippen LogP contribution in [0.3, 0.4) is 0 Å². The number of aromatic carboxylic acids is 1. The normalized spacial score (nSPS) is 20.4. The maximum absolute atomic E-state index is 13.7. The first kappa shape index (κ1) is 27.6. The molecule has 2 aliphatic heterocycles. The monoisotopic (exact) mass is 551 g/mol. The lowest BCUT2D eigenvalue weighted by molar-refractivity contribution is -0.00102. The average Bonchev–Trinajstić information content (AvgIpc) is 3.26. The molecule has 10 heteroatoms. The van der Waals surface area contributed by atoms with Crippen LogP contribution in [0.15, 0.2) is 48.7 Å². The fourth-order valence-corrected chi connectivity index (χ4v) is 5.45. The van der Waals surface area contributed by atoms with Gasteiger partial charge in [-0.2, -0.15) is 0 Å². The molecule has 3 aliphatic rings. The summed E-state index contributed by atoms with van der Waals surface area (Å²) in [4.78, 5) is 31.8. The number of carbonyl (C=O) groups is 2. The zero-order valence-corrected chi connectivity index (χ0v) is 22.8. The number of allylic oxidation sites excluding steroid dienone is 4. The molecule has 1 amide bonds. The molecule has 0 saturated carbocycles. The number of amides is 1. The highest BCUT2D eigenvalue weighted by Gasteiger charge is 2.47. The number of hydrogen-bond donors (Lipinski definition) is 1. The maximum Gasteiger partial charge on any atom is 0.416 e. The third-order valence-electron chi connectivity index (χ3n) is 7.48. The van der Waals surface area contributed by atoms with Gasteiger partial charge in [0.05, 0.1) is 30.9 Å². The number of rotatable bonds is 9. The Hall–Kier alpha value is -3.92. The van der Waals surface area contributed by atoms with E-state index in [4.69, 9.17) is 19.3 Å². The topological polar surface area (TPSA) is 101 Å². The second-order valence-corrected chi connectivity index (χ2v) is 10.2. The molecule has 1 aliphatic carbocycles. The molecule has 1 unspecified atom stereocenters. The second kappa shape index (κ2) is 11.7. The fraction of sp³-hybridized carbons (Fsp3) is 0.433. The highest BCUT2D eigenvalue weighted by Crippen LogP contribution is 2.40. The van der Waals surface area contributed by atoms with Crippen molar-refractivity contribution >= 4 is 23.5 Å².